The van der Waals surface area contributed by atoms with E-state index in [9.17, 15) is 4.79 Å². The molecule has 0 aromatic heterocycles. The zero-order valence-corrected chi connectivity index (χ0v) is 18.0. The Kier molecular flexibility index (Phi) is 6.32. The van der Waals surface area contributed by atoms with E-state index < -0.39 is 13.2 Å². The predicted molar refractivity (Wildman–Crippen MR) is 109 cm³/mol. The number of carbonyl (C=O) groups excluding carboxylic acids is 1. The van der Waals surface area contributed by atoms with Gasteiger partial charge in [-0.05, 0) is 65.9 Å². The number of hydrogen-bond acceptors (Lipinski definition) is 4. The summed E-state index contributed by atoms with van der Waals surface area (Å²) < 4.78 is 17.9. The third-order valence-electron chi connectivity index (χ3n) is 5.11. The molecule has 1 fully saturated rings. The van der Waals surface area contributed by atoms with Crippen molar-refractivity contribution >= 4 is 18.7 Å². The van der Waals surface area contributed by atoms with E-state index in [1.807, 2.05) is 72.7 Å². The van der Waals surface area contributed by atoms with Crippen LogP contribution in [0, 0.1) is 0 Å². The van der Waals surface area contributed by atoms with Crippen molar-refractivity contribution in [3.8, 4) is 0 Å². The summed E-state index contributed by atoms with van der Waals surface area (Å²) in [6, 6.07) is 7.96. The summed E-state index contributed by atoms with van der Waals surface area (Å²) in [5.74, 6) is 0. The Morgan fingerprint density at radius 2 is 1.63 bits per heavy atom. The number of hydrogen-bond donors (Lipinski definition) is 1. The van der Waals surface area contributed by atoms with Gasteiger partial charge in [-0.25, -0.2) is 4.79 Å². The lowest BCUT2D eigenvalue weighted by Gasteiger charge is -2.32. The maximum absolute atomic E-state index is 12.2. The molecule has 1 unspecified atom stereocenters. The zero-order valence-electron chi connectivity index (χ0n) is 18.0. The molecule has 2 rings (SSSR count). The van der Waals surface area contributed by atoms with Crippen molar-refractivity contribution in [2.45, 2.75) is 91.1 Å². The summed E-state index contributed by atoms with van der Waals surface area (Å²) in [6.45, 7) is 16.0. The average molecular weight is 375 g/mol. The molecular weight excluding hydrogens is 341 g/mol. The monoisotopic (exact) mass is 375 g/mol. The molecule has 0 bridgehead atoms. The standard InChI is InChI=1S/C21H34BNO4/c1-9-10-17(25-18(24)23-19(2,3)4)15-11-13-16(14-12-15)22-26-20(5,6)21(7,8)27-22/h11-14,17H,9-10H2,1-8H3,(H,23,24). The van der Waals surface area contributed by atoms with Crippen LogP contribution >= 0.6 is 0 Å². The molecule has 1 aliphatic heterocycles. The van der Waals surface area contributed by atoms with Gasteiger partial charge in [0, 0.05) is 5.54 Å². The molecule has 1 amide bonds. The maximum atomic E-state index is 12.2. The topological polar surface area (TPSA) is 56.8 Å². The highest BCUT2D eigenvalue weighted by Gasteiger charge is 2.51. The fourth-order valence-corrected chi connectivity index (χ4v) is 2.87. The first-order chi connectivity index (χ1) is 12.3. The number of amides is 1. The Bertz CT molecular complexity index is 633. The fraction of sp³-hybridized carbons (Fsp3) is 0.667. The molecule has 5 nitrogen and oxygen atoms in total. The van der Waals surface area contributed by atoms with Gasteiger partial charge >= 0.3 is 13.2 Å². The minimum Gasteiger partial charge on any atom is -0.441 e. The smallest absolute Gasteiger partial charge is 0.441 e. The summed E-state index contributed by atoms with van der Waals surface area (Å²) in [6.07, 6.45) is 1.03. The van der Waals surface area contributed by atoms with Gasteiger partial charge in [-0.15, -0.1) is 0 Å². The van der Waals surface area contributed by atoms with Crippen molar-refractivity contribution in [3.05, 3.63) is 29.8 Å². The van der Waals surface area contributed by atoms with E-state index in [0.717, 1.165) is 23.9 Å². The average Bonchev–Trinajstić information content (AvgIpc) is 2.73. The third kappa shape index (κ3) is 5.49. The normalized spacial score (nSPS) is 19.6. The first-order valence-corrected chi connectivity index (χ1v) is 9.79. The molecular formula is C21H34BNO4. The van der Waals surface area contributed by atoms with Crippen molar-refractivity contribution in [3.63, 3.8) is 0 Å². The molecule has 1 aliphatic rings. The Hall–Kier alpha value is -1.53. The Balaban J connectivity index is 2.10. The van der Waals surface area contributed by atoms with E-state index in [2.05, 4.69) is 12.2 Å². The number of carbonyl (C=O) groups is 1. The van der Waals surface area contributed by atoms with Crippen LogP contribution in [0.4, 0.5) is 4.79 Å². The van der Waals surface area contributed by atoms with E-state index in [1.165, 1.54) is 0 Å². The number of benzene rings is 1. The summed E-state index contributed by atoms with van der Waals surface area (Å²) in [7, 11) is -0.390. The molecule has 6 heteroatoms. The van der Waals surface area contributed by atoms with Crippen LogP contribution in [0.2, 0.25) is 0 Å². The lowest BCUT2D eigenvalue weighted by Crippen LogP contribution is -2.41. The molecule has 1 aromatic rings. The summed E-state index contributed by atoms with van der Waals surface area (Å²) in [4.78, 5) is 12.2. The van der Waals surface area contributed by atoms with Gasteiger partial charge in [0.1, 0.15) is 6.10 Å². The van der Waals surface area contributed by atoms with Crippen LogP contribution in [0.1, 0.15) is 79.9 Å². The molecule has 1 aromatic carbocycles. The van der Waals surface area contributed by atoms with Gasteiger partial charge in [0.25, 0.3) is 0 Å². The number of nitrogens with one attached hydrogen (secondary N) is 1. The van der Waals surface area contributed by atoms with E-state index in [4.69, 9.17) is 14.0 Å². The summed E-state index contributed by atoms with van der Waals surface area (Å²) in [5, 5.41) is 2.85. The predicted octanol–water partition coefficient (Wildman–Crippen LogP) is 4.35. The van der Waals surface area contributed by atoms with Crippen molar-refractivity contribution in [2.24, 2.45) is 0 Å². The molecule has 150 valence electrons. The van der Waals surface area contributed by atoms with Gasteiger partial charge in [0.15, 0.2) is 0 Å². The molecule has 0 saturated carbocycles. The van der Waals surface area contributed by atoms with E-state index in [1.54, 1.807) is 0 Å². The minimum atomic E-state index is -0.393. The van der Waals surface area contributed by atoms with Crippen LogP contribution < -0.4 is 10.8 Å². The number of ether oxygens (including phenoxy) is 1. The Morgan fingerprint density at radius 1 is 1.11 bits per heavy atom. The summed E-state index contributed by atoms with van der Waals surface area (Å²) in [5.41, 5.74) is 0.881. The highest BCUT2D eigenvalue weighted by atomic mass is 16.7. The quantitative estimate of drug-likeness (QED) is 0.778. The molecule has 1 saturated heterocycles. The lowest BCUT2D eigenvalue weighted by atomic mass is 9.78. The molecule has 27 heavy (non-hydrogen) atoms. The molecule has 0 aliphatic carbocycles. The molecule has 0 radical (unpaired) electrons. The Morgan fingerprint density at radius 3 is 2.07 bits per heavy atom. The van der Waals surface area contributed by atoms with Crippen molar-refractivity contribution in [2.75, 3.05) is 0 Å². The largest absolute Gasteiger partial charge is 0.494 e. The van der Waals surface area contributed by atoms with Crippen molar-refractivity contribution in [1.82, 2.24) is 5.32 Å². The number of rotatable bonds is 5. The second-order valence-corrected chi connectivity index (χ2v) is 9.31. The molecule has 1 heterocycles. The first-order valence-electron chi connectivity index (χ1n) is 9.79. The van der Waals surface area contributed by atoms with Crippen LogP contribution in [0.3, 0.4) is 0 Å². The van der Waals surface area contributed by atoms with E-state index >= 15 is 0 Å². The van der Waals surface area contributed by atoms with Gasteiger partial charge in [0.05, 0.1) is 11.2 Å². The third-order valence-corrected chi connectivity index (χ3v) is 5.11. The maximum Gasteiger partial charge on any atom is 0.494 e. The van der Waals surface area contributed by atoms with Crippen LogP contribution in [-0.2, 0) is 14.0 Å². The minimum absolute atomic E-state index is 0.273. The zero-order chi connectivity index (χ0) is 20.5. The van der Waals surface area contributed by atoms with Gasteiger partial charge < -0.3 is 19.4 Å². The SMILES string of the molecule is CCCC(OC(=O)NC(C)(C)C)c1ccc(B2OC(C)(C)C(C)(C)O2)cc1. The van der Waals surface area contributed by atoms with Gasteiger partial charge in [-0.2, -0.15) is 0 Å². The van der Waals surface area contributed by atoms with Gasteiger partial charge in [0.2, 0.25) is 0 Å². The second kappa shape index (κ2) is 7.84. The van der Waals surface area contributed by atoms with Gasteiger partial charge in [-0.1, -0.05) is 37.6 Å². The fourth-order valence-electron chi connectivity index (χ4n) is 2.87. The van der Waals surface area contributed by atoms with Crippen LogP contribution in [0.5, 0.6) is 0 Å². The van der Waals surface area contributed by atoms with Gasteiger partial charge in [-0.3, -0.25) is 0 Å². The second-order valence-electron chi connectivity index (χ2n) is 9.31. The lowest BCUT2D eigenvalue weighted by molar-refractivity contribution is 0.00578. The van der Waals surface area contributed by atoms with Crippen LogP contribution in [0.15, 0.2) is 24.3 Å². The Labute approximate surface area is 164 Å². The van der Waals surface area contributed by atoms with Crippen molar-refractivity contribution in [1.29, 1.82) is 0 Å². The number of alkyl carbamates (subject to hydrolysis) is 1. The molecule has 1 N–H and O–H groups in total. The molecule has 1 atom stereocenters. The molecule has 0 spiro atoms. The highest BCUT2D eigenvalue weighted by molar-refractivity contribution is 6.62. The van der Waals surface area contributed by atoms with Crippen molar-refractivity contribution < 1.29 is 18.8 Å². The van der Waals surface area contributed by atoms with Crippen LogP contribution in [-0.4, -0.2) is 30.0 Å². The van der Waals surface area contributed by atoms with E-state index in [0.29, 0.717) is 0 Å². The highest BCUT2D eigenvalue weighted by Crippen LogP contribution is 2.36. The van der Waals surface area contributed by atoms with Crippen LogP contribution in [0.25, 0.3) is 0 Å². The first kappa shape index (κ1) is 21.8. The van der Waals surface area contributed by atoms with E-state index in [-0.39, 0.29) is 22.8 Å². The summed E-state index contributed by atoms with van der Waals surface area (Å²) >= 11 is 0.